The van der Waals surface area contributed by atoms with Crippen LogP contribution in [0.25, 0.3) is 0 Å². The van der Waals surface area contributed by atoms with E-state index in [4.69, 9.17) is 9.47 Å². The second-order valence-electron chi connectivity index (χ2n) is 4.45. The molecule has 0 aromatic carbocycles. The number of ether oxygens (including phenoxy) is 2. The quantitative estimate of drug-likeness (QED) is 0.727. The molecular formula is C12H25ClN2O3. The fraction of sp³-hybridized carbons (Fsp3) is 0.917. The maximum atomic E-state index is 11.9. The highest BCUT2D eigenvalue weighted by atomic mass is 35.5. The summed E-state index contributed by atoms with van der Waals surface area (Å²) in [5.41, 5.74) is 0. The molecule has 1 heterocycles. The van der Waals surface area contributed by atoms with E-state index in [9.17, 15) is 4.79 Å². The number of methoxy groups -OCH3 is 1. The summed E-state index contributed by atoms with van der Waals surface area (Å²) in [5.74, 6) is 0.148. The highest BCUT2D eigenvalue weighted by Gasteiger charge is 2.26. The summed E-state index contributed by atoms with van der Waals surface area (Å²) < 4.78 is 10.6. The molecule has 6 heteroatoms. The fourth-order valence-electron chi connectivity index (χ4n) is 1.96. The van der Waals surface area contributed by atoms with E-state index in [2.05, 4.69) is 12.2 Å². The van der Waals surface area contributed by atoms with Crippen molar-refractivity contribution in [3.05, 3.63) is 0 Å². The minimum absolute atomic E-state index is 0. The molecule has 108 valence electrons. The van der Waals surface area contributed by atoms with Crippen LogP contribution >= 0.6 is 12.4 Å². The van der Waals surface area contributed by atoms with Crippen molar-refractivity contribution in [2.24, 2.45) is 0 Å². The fourth-order valence-corrected chi connectivity index (χ4v) is 1.96. The van der Waals surface area contributed by atoms with Gasteiger partial charge in [-0.1, -0.05) is 6.92 Å². The van der Waals surface area contributed by atoms with Gasteiger partial charge in [-0.3, -0.25) is 4.79 Å². The molecule has 1 amide bonds. The molecule has 1 aliphatic rings. The summed E-state index contributed by atoms with van der Waals surface area (Å²) in [4.78, 5) is 13.8. The number of morpholine rings is 1. The van der Waals surface area contributed by atoms with Gasteiger partial charge in [-0.05, 0) is 13.3 Å². The summed E-state index contributed by atoms with van der Waals surface area (Å²) in [5, 5.41) is 3.07. The van der Waals surface area contributed by atoms with Gasteiger partial charge in [0, 0.05) is 26.7 Å². The van der Waals surface area contributed by atoms with Crippen LogP contribution in [0.15, 0.2) is 0 Å². The summed E-state index contributed by atoms with van der Waals surface area (Å²) in [6.07, 6.45) is 1.27. The Hall–Kier alpha value is -0.360. The maximum Gasteiger partial charge on any atom is 0.236 e. The number of nitrogens with zero attached hydrogens (tertiary/aromatic N) is 1. The summed E-state index contributed by atoms with van der Waals surface area (Å²) in [6.45, 7) is 7.23. The zero-order valence-electron chi connectivity index (χ0n) is 11.5. The molecule has 5 nitrogen and oxygen atoms in total. The van der Waals surface area contributed by atoms with E-state index in [1.807, 2.05) is 11.8 Å². The van der Waals surface area contributed by atoms with Crippen LogP contribution in [0.5, 0.6) is 0 Å². The van der Waals surface area contributed by atoms with E-state index in [1.54, 1.807) is 7.11 Å². The lowest BCUT2D eigenvalue weighted by atomic mass is 10.2. The predicted octanol–water partition coefficient (Wildman–Crippen LogP) is 0.670. The van der Waals surface area contributed by atoms with Gasteiger partial charge in [-0.2, -0.15) is 0 Å². The molecule has 0 aliphatic carbocycles. The van der Waals surface area contributed by atoms with Crippen molar-refractivity contribution >= 4 is 18.3 Å². The lowest BCUT2D eigenvalue weighted by Crippen LogP contribution is -2.51. The third-order valence-electron chi connectivity index (χ3n) is 2.89. The molecule has 0 saturated carbocycles. The smallest absolute Gasteiger partial charge is 0.236 e. The number of hydrogen-bond donors (Lipinski definition) is 1. The number of hydrogen-bond acceptors (Lipinski definition) is 4. The Bertz CT molecular complexity index is 241. The van der Waals surface area contributed by atoms with Crippen LogP contribution in [-0.2, 0) is 14.3 Å². The van der Waals surface area contributed by atoms with Gasteiger partial charge in [0.2, 0.25) is 5.91 Å². The van der Waals surface area contributed by atoms with Gasteiger partial charge in [0.1, 0.15) is 0 Å². The average molecular weight is 281 g/mol. The largest absolute Gasteiger partial charge is 0.383 e. The van der Waals surface area contributed by atoms with Crippen LogP contribution in [0.1, 0.15) is 20.3 Å². The molecule has 2 atom stereocenters. The van der Waals surface area contributed by atoms with Gasteiger partial charge in [0.05, 0.1) is 25.4 Å². The van der Waals surface area contributed by atoms with E-state index >= 15 is 0 Å². The zero-order valence-corrected chi connectivity index (χ0v) is 12.3. The second kappa shape index (κ2) is 9.55. The highest BCUT2D eigenvalue weighted by molar-refractivity contribution is 5.85. The van der Waals surface area contributed by atoms with Gasteiger partial charge < -0.3 is 19.7 Å². The molecule has 2 unspecified atom stereocenters. The molecule has 0 aromatic rings. The first-order valence-electron chi connectivity index (χ1n) is 6.30. The van der Waals surface area contributed by atoms with Crippen molar-refractivity contribution < 1.29 is 14.3 Å². The van der Waals surface area contributed by atoms with Crippen molar-refractivity contribution in [1.82, 2.24) is 10.2 Å². The van der Waals surface area contributed by atoms with E-state index in [-0.39, 0.29) is 30.5 Å². The van der Waals surface area contributed by atoms with Gasteiger partial charge in [0.25, 0.3) is 0 Å². The van der Waals surface area contributed by atoms with Gasteiger partial charge in [-0.15, -0.1) is 12.4 Å². The topological polar surface area (TPSA) is 50.8 Å². The van der Waals surface area contributed by atoms with Crippen molar-refractivity contribution in [2.45, 2.75) is 32.5 Å². The van der Waals surface area contributed by atoms with Gasteiger partial charge >= 0.3 is 0 Å². The molecule has 0 aromatic heterocycles. The Balaban J connectivity index is 0.00000289. The molecule has 1 saturated heterocycles. The van der Waals surface area contributed by atoms with Crippen molar-refractivity contribution in [2.75, 3.05) is 39.9 Å². The SMILES string of the molecule is CCC1CN(C(=O)CNCCOC)CC(C)O1.Cl. The summed E-state index contributed by atoms with van der Waals surface area (Å²) in [6, 6.07) is 0. The molecule has 0 radical (unpaired) electrons. The number of nitrogens with one attached hydrogen (secondary N) is 1. The first-order valence-corrected chi connectivity index (χ1v) is 6.30. The van der Waals surface area contributed by atoms with Crippen molar-refractivity contribution in [1.29, 1.82) is 0 Å². The van der Waals surface area contributed by atoms with Crippen LogP contribution in [0, 0.1) is 0 Å². The minimum atomic E-state index is 0. The van der Waals surface area contributed by atoms with Crippen LogP contribution in [0.4, 0.5) is 0 Å². The Labute approximate surface area is 116 Å². The van der Waals surface area contributed by atoms with Gasteiger partial charge in [-0.25, -0.2) is 0 Å². The van der Waals surface area contributed by atoms with E-state index in [0.29, 0.717) is 32.8 Å². The summed E-state index contributed by atoms with van der Waals surface area (Å²) >= 11 is 0. The Morgan fingerprint density at radius 1 is 1.50 bits per heavy atom. The van der Waals surface area contributed by atoms with Crippen molar-refractivity contribution in [3.8, 4) is 0 Å². The standard InChI is InChI=1S/C12H24N2O3.ClH/c1-4-11-9-14(8-10(2)17-11)12(15)7-13-5-6-16-3;/h10-11,13H,4-9H2,1-3H3;1H. The summed E-state index contributed by atoms with van der Waals surface area (Å²) in [7, 11) is 1.65. The first kappa shape index (κ1) is 17.6. The number of amides is 1. The highest BCUT2D eigenvalue weighted by Crippen LogP contribution is 2.13. The number of rotatable bonds is 6. The van der Waals surface area contributed by atoms with E-state index < -0.39 is 0 Å². The maximum absolute atomic E-state index is 11.9. The van der Waals surface area contributed by atoms with Crippen molar-refractivity contribution in [3.63, 3.8) is 0 Å². The predicted molar refractivity (Wildman–Crippen MR) is 73.2 cm³/mol. The Morgan fingerprint density at radius 2 is 2.22 bits per heavy atom. The zero-order chi connectivity index (χ0) is 12.7. The molecule has 1 N–H and O–H groups in total. The number of carbonyl (C=O) groups is 1. The second-order valence-corrected chi connectivity index (χ2v) is 4.45. The molecule has 0 spiro atoms. The Kier molecular flexibility index (Phi) is 9.36. The van der Waals surface area contributed by atoms with Gasteiger partial charge in [0.15, 0.2) is 0 Å². The third-order valence-corrected chi connectivity index (χ3v) is 2.89. The Morgan fingerprint density at radius 3 is 2.83 bits per heavy atom. The minimum Gasteiger partial charge on any atom is -0.383 e. The lowest BCUT2D eigenvalue weighted by Gasteiger charge is -2.36. The monoisotopic (exact) mass is 280 g/mol. The third kappa shape index (κ3) is 6.00. The van der Waals surface area contributed by atoms with E-state index in [1.165, 1.54) is 0 Å². The molecule has 1 aliphatic heterocycles. The molecule has 0 bridgehead atoms. The molecule has 1 fully saturated rings. The molecular weight excluding hydrogens is 256 g/mol. The van der Waals surface area contributed by atoms with E-state index in [0.717, 1.165) is 6.42 Å². The number of halogens is 1. The normalized spacial score (nSPS) is 23.6. The van der Waals surface area contributed by atoms with Crippen LogP contribution in [0.3, 0.4) is 0 Å². The van der Waals surface area contributed by atoms with Crippen LogP contribution in [-0.4, -0.2) is 62.9 Å². The molecule has 18 heavy (non-hydrogen) atoms. The lowest BCUT2D eigenvalue weighted by molar-refractivity contribution is -0.143. The van der Waals surface area contributed by atoms with Crippen LogP contribution in [0.2, 0.25) is 0 Å². The average Bonchev–Trinajstić information content (AvgIpc) is 2.33. The van der Waals surface area contributed by atoms with Crippen LogP contribution < -0.4 is 5.32 Å². The first-order chi connectivity index (χ1) is 8.17. The number of carbonyl (C=O) groups excluding carboxylic acids is 1. The molecule has 1 rings (SSSR count).